The average Bonchev–Trinajstić information content (AvgIpc) is 2.60. The summed E-state index contributed by atoms with van der Waals surface area (Å²) in [5.74, 6) is -1.59. The second-order valence-electron chi connectivity index (χ2n) is 4.99. The van der Waals surface area contributed by atoms with Gasteiger partial charge in [0.1, 0.15) is 5.75 Å². The van der Waals surface area contributed by atoms with Crippen LogP contribution in [-0.2, 0) is 11.0 Å². The van der Waals surface area contributed by atoms with Gasteiger partial charge in [0.05, 0.1) is 11.8 Å². The fraction of sp³-hybridized carbons (Fsp3) is 0.118. The van der Waals surface area contributed by atoms with Crippen molar-refractivity contribution in [2.45, 2.75) is 6.18 Å². The fourth-order valence-corrected chi connectivity index (χ4v) is 1.89. The zero-order valence-corrected chi connectivity index (χ0v) is 13.2. The Bertz CT molecular complexity index is 818. The molecule has 2 N–H and O–H groups in total. The molecule has 2 rings (SSSR count). The molecule has 0 unspecified atom stereocenters. The van der Waals surface area contributed by atoms with Crippen LogP contribution in [0.4, 0.5) is 13.2 Å². The SMILES string of the molecule is O=C(O)COc1ccccc1C=NNC(=O)c1ccc(C(F)(F)F)cc1. The molecule has 0 bridgehead atoms. The molecule has 0 heterocycles. The number of carboxylic acids is 1. The minimum Gasteiger partial charge on any atom is -0.481 e. The Labute approximate surface area is 145 Å². The Morgan fingerprint density at radius 2 is 1.77 bits per heavy atom. The highest BCUT2D eigenvalue weighted by molar-refractivity contribution is 5.95. The largest absolute Gasteiger partial charge is 0.481 e. The summed E-state index contributed by atoms with van der Waals surface area (Å²) < 4.78 is 42.5. The highest BCUT2D eigenvalue weighted by atomic mass is 19.4. The fourth-order valence-electron chi connectivity index (χ4n) is 1.89. The zero-order chi connectivity index (χ0) is 19.2. The first kappa shape index (κ1) is 19.0. The number of hydrazone groups is 1. The second-order valence-corrected chi connectivity index (χ2v) is 4.99. The summed E-state index contributed by atoms with van der Waals surface area (Å²) in [7, 11) is 0. The van der Waals surface area contributed by atoms with Gasteiger partial charge in [0.15, 0.2) is 6.61 Å². The minimum atomic E-state index is -4.48. The third kappa shape index (κ3) is 5.33. The van der Waals surface area contributed by atoms with Crippen molar-refractivity contribution in [3.8, 4) is 5.75 Å². The predicted molar refractivity (Wildman–Crippen MR) is 86.1 cm³/mol. The monoisotopic (exact) mass is 366 g/mol. The number of rotatable bonds is 6. The number of hydrogen-bond donors (Lipinski definition) is 2. The molecule has 0 atom stereocenters. The lowest BCUT2D eigenvalue weighted by molar-refractivity contribution is -0.139. The summed E-state index contributed by atoms with van der Waals surface area (Å²) in [6.45, 7) is -0.539. The highest BCUT2D eigenvalue weighted by Crippen LogP contribution is 2.29. The van der Waals surface area contributed by atoms with Crippen LogP contribution in [0.15, 0.2) is 53.6 Å². The number of halogens is 3. The Morgan fingerprint density at radius 1 is 1.12 bits per heavy atom. The van der Waals surface area contributed by atoms with E-state index in [-0.39, 0.29) is 11.3 Å². The minimum absolute atomic E-state index is 0.00515. The van der Waals surface area contributed by atoms with Gasteiger partial charge in [0, 0.05) is 11.1 Å². The number of alkyl halides is 3. The number of carbonyl (C=O) groups is 2. The van der Waals surface area contributed by atoms with Gasteiger partial charge in [0.2, 0.25) is 0 Å². The molecule has 0 saturated heterocycles. The average molecular weight is 366 g/mol. The first-order valence-electron chi connectivity index (χ1n) is 7.21. The van der Waals surface area contributed by atoms with Gasteiger partial charge in [-0.2, -0.15) is 18.3 Å². The molecule has 0 spiro atoms. The van der Waals surface area contributed by atoms with Crippen molar-refractivity contribution in [3.05, 3.63) is 65.2 Å². The molecule has 0 fully saturated rings. The highest BCUT2D eigenvalue weighted by Gasteiger charge is 2.30. The Hall–Kier alpha value is -3.36. The number of nitrogens with zero attached hydrogens (tertiary/aromatic N) is 1. The number of nitrogens with one attached hydrogen (secondary N) is 1. The van der Waals surface area contributed by atoms with Crippen LogP contribution in [-0.4, -0.2) is 29.8 Å². The van der Waals surface area contributed by atoms with Crippen LogP contribution in [0.25, 0.3) is 0 Å². The number of amides is 1. The molecular formula is C17H13F3N2O4. The summed E-state index contributed by atoms with van der Waals surface area (Å²) in [5, 5.41) is 12.3. The number of ether oxygens (including phenoxy) is 1. The topological polar surface area (TPSA) is 88.0 Å². The lowest BCUT2D eigenvalue weighted by Crippen LogP contribution is -2.18. The van der Waals surface area contributed by atoms with Gasteiger partial charge in [-0.3, -0.25) is 4.79 Å². The Kier molecular flexibility index (Phi) is 5.94. The third-order valence-electron chi connectivity index (χ3n) is 3.11. The van der Waals surface area contributed by atoms with Crippen molar-refractivity contribution in [1.29, 1.82) is 0 Å². The van der Waals surface area contributed by atoms with E-state index in [4.69, 9.17) is 9.84 Å². The molecule has 6 nitrogen and oxygen atoms in total. The Balaban J connectivity index is 2.02. The van der Waals surface area contributed by atoms with E-state index in [1.54, 1.807) is 18.2 Å². The van der Waals surface area contributed by atoms with E-state index in [0.717, 1.165) is 24.3 Å². The second kappa shape index (κ2) is 8.15. The lowest BCUT2D eigenvalue weighted by atomic mass is 10.1. The molecule has 1 amide bonds. The smallest absolute Gasteiger partial charge is 0.416 e. The van der Waals surface area contributed by atoms with Crippen LogP contribution in [0.2, 0.25) is 0 Å². The summed E-state index contributed by atoms with van der Waals surface area (Å²) >= 11 is 0. The van der Waals surface area contributed by atoms with E-state index in [1.165, 1.54) is 12.3 Å². The van der Waals surface area contributed by atoms with E-state index >= 15 is 0 Å². The van der Waals surface area contributed by atoms with E-state index in [2.05, 4.69) is 10.5 Å². The van der Waals surface area contributed by atoms with Crippen molar-refractivity contribution in [3.63, 3.8) is 0 Å². The van der Waals surface area contributed by atoms with Crippen LogP contribution < -0.4 is 10.2 Å². The van der Waals surface area contributed by atoms with Crippen LogP contribution in [0, 0.1) is 0 Å². The molecule has 0 aromatic heterocycles. The summed E-state index contributed by atoms with van der Waals surface area (Å²) in [6, 6.07) is 10.1. The molecule has 0 aliphatic rings. The van der Waals surface area contributed by atoms with Crippen molar-refractivity contribution in [2.24, 2.45) is 5.10 Å². The van der Waals surface area contributed by atoms with Crippen molar-refractivity contribution in [2.75, 3.05) is 6.61 Å². The molecule has 0 radical (unpaired) electrons. The number of para-hydroxylation sites is 1. The number of benzene rings is 2. The van der Waals surface area contributed by atoms with Crippen molar-refractivity contribution in [1.82, 2.24) is 5.43 Å². The summed E-state index contributed by atoms with van der Waals surface area (Å²) in [5.41, 5.74) is 1.74. The zero-order valence-electron chi connectivity index (χ0n) is 13.2. The van der Waals surface area contributed by atoms with Gasteiger partial charge in [-0.1, -0.05) is 12.1 Å². The molecular weight excluding hydrogens is 353 g/mol. The van der Waals surface area contributed by atoms with E-state index in [1.807, 2.05) is 0 Å². The molecule has 0 aliphatic carbocycles. The Morgan fingerprint density at radius 3 is 2.38 bits per heavy atom. The number of aliphatic carboxylic acids is 1. The van der Waals surface area contributed by atoms with Crippen LogP contribution in [0.3, 0.4) is 0 Å². The number of hydrogen-bond acceptors (Lipinski definition) is 4. The summed E-state index contributed by atoms with van der Waals surface area (Å²) in [4.78, 5) is 22.4. The summed E-state index contributed by atoms with van der Waals surface area (Å²) in [6.07, 6.45) is -3.24. The number of carboxylic acid groups (broad SMARTS) is 1. The molecule has 9 heteroatoms. The van der Waals surface area contributed by atoms with E-state index in [9.17, 15) is 22.8 Å². The normalized spacial score (nSPS) is 11.3. The van der Waals surface area contributed by atoms with E-state index in [0.29, 0.717) is 5.56 Å². The lowest BCUT2D eigenvalue weighted by Gasteiger charge is -2.07. The molecule has 0 saturated carbocycles. The van der Waals surface area contributed by atoms with Crippen LogP contribution >= 0.6 is 0 Å². The van der Waals surface area contributed by atoms with Gasteiger partial charge < -0.3 is 9.84 Å². The van der Waals surface area contributed by atoms with Crippen molar-refractivity contribution >= 4 is 18.1 Å². The maximum Gasteiger partial charge on any atom is 0.416 e. The quantitative estimate of drug-likeness (QED) is 0.608. The van der Waals surface area contributed by atoms with Gasteiger partial charge in [-0.05, 0) is 36.4 Å². The van der Waals surface area contributed by atoms with Crippen LogP contribution in [0.1, 0.15) is 21.5 Å². The van der Waals surface area contributed by atoms with E-state index < -0.39 is 30.2 Å². The van der Waals surface area contributed by atoms with Crippen LogP contribution in [0.5, 0.6) is 5.75 Å². The predicted octanol–water partition coefficient (Wildman–Crippen LogP) is 2.93. The van der Waals surface area contributed by atoms with Crippen molar-refractivity contribution < 1.29 is 32.6 Å². The molecule has 2 aromatic rings. The van der Waals surface area contributed by atoms with Gasteiger partial charge >= 0.3 is 12.1 Å². The van der Waals surface area contributed by atoms with Gasteiger partial charge in [-0.25, -0.2) is 10.2 Å². The standard InChI is InChI=1S/C17H13F3N2O4/c18-17(19,20)13-7-5-11(6-8-13)16(25)22-21-9-12-3-1-2-4-14(12)26-10-15(23)24/h1-9H,10H2,(H,22,25)(H,23,24). The maximum absolute atomic E-state index is 12.5. The first-order chi connectivity index (χ1) is 12.3. The molecule has 136 valence electrons. The molecule has 2 aromatic carbocycles. The third-order valence-corrected chi connectivity index (χ3v) is 3.11. The number of carbonyl (C=O) groups excluding carboxylic acids is 1. The van der Waals surface area contributed by atoms with Gasteiger partial charge in [-0.15, -0.1) is 0 Å². The van der Waals surface area contributed by atoms with Gasteiger partial charge in [0.25, 0.3) is 5.91 Å². The molecule has 0 aliphatic heterocycles. The maximum atomic E-state index is 12.5. The molecule has 26 heavy (non-hydrogen) atoms. The first-order valence-corrected chi connectivity index (χ1v) is 7.21.